The van der Waals surface area contributed by atoms with E-state index in [-0.39, 0.29) is 18.7 Å². The van der Waals surface area contributed by atoms with Crippen molar-refractivity contribution in [3.8, 4) is 0 Å². The molecule has 0 fully saturated rings. The molecular formula is C11H10FN2O3+. The van der Waals surface area contributed by atoms with Gasteiger partial charge in [-0.3, -0.25) is 9.59 Å². The second-order valence-corrected chi connectivity index (χ2v) is 3.19. The minimum atomic E-state index is -0.706. The van der Waals surface area contributed by atoms with Gasteiger partial charge < -0.3 is 4.74 Å². The molecule has 0 saturated carbocycles. The van der Waals surface area contributed by atoms with Crippen molar-refractivity contribution >= 4 is 11.8 Å². The Morgan fingerprint density at radius 2 is 1.94 bits per heavy atom. The number of nitrogens with zero attached hydrogens (tertiary/aromatic N) is 2. The summed E-state index contributed by atoms with van der Waals surface area (Å²) in [6.07, 6.45) is -0.420. The van der Waals surface area contributed by atoms with E-state index in [9.17, 15) is 14.0 Å². The number of ether oxygens (including phenoxy) is 1. The number of benzene rings is 1. The molecule has 0 N–H and O–H groups in total. The lowest BCUT2D eigenvalue weighted by Gasteiger charge is -2.00. The second kappa shape index (κ2) is 6.33. The predicted octanol–water partition coefficient (Wildman–Crippen LogP) is 1.79. The molecule has 88 valence electrons. The Kier molecular flexibility index (Phi) is 4.76. The number of carbonyl (C=O) groups excluding carboxylic acids is 2. The molecule has 0 aliphatic heterocycles. The number of rotatable bonds is 5. The van der Waals surface area contributed by atoms with Crippen molar-refractivity contribution in [1.82, 2.24) is 0 Å². The van der Waals surface area contributed by atoms with Crippen LogP contribution >= 0.6 is 0 Å². The van der Waals surface area contributed by atoms with Crippen LogP contribution in [0.1, 0.15) is 16.8 Å². The van der Waals surface area contributed by atoms with E-state index in [4.69, 9.17) is 5.39 Å². The molecule has 0 aliphatic carbocycles. The van der Waals surface area contributed by atoms with Crippen LogP contribution in [0.15, 0.2) is 24.3 Å². The highest BCUT2D eigenvalue weighted by Crippen LogP contribution is 2.06. The quantitative estimate of drug-likeness (QED) is 0.257. The molecule has 0 saturated heterocycles. The fraction of sp³-hybridized carbons (Fsp3) is 0.273. The summed E-state index contributed by atoms with van der Waals surface area (Å²) in [7, 11) is 0. The monoisotopic (exact) mass is 237 g/mol. The Hall–Kier alpha value is -2.29. The lowest BCUT2D eigenvalue weighted by molar-refractivity contribution is -0.142. The van der Waals surface area contributed by atoms with Crippen LogP contribution < -0.4 is 0 Å². The first-order valence-corrected chi connectivity index (χ1v) is 4.88. The fourth-order valence-corrected chi connectivity index (χ4v) is 1.12. The van der Waals surface area contributed by atoms with Crippen LogP contribution in [0.3, 0.4) is 0 Å². The van der Waals surface area contributed by atoms with Crippen LogP contribution in [0.25, 0.3) is 4.98 Å². The Labute approximate surface area is 96.8 Å². The van der Waals surface area contributed by atoms with Gasteiger partial charge in [-0.2, -0.15) is 0 Å². The van der Waals surface area contributed by atoms with E-state index < -0.39 is 24.0 Å². The van der Waals surface area contributed by atoms with Crippen molar-refractivity contribution in [2.24, 2.45) is 0 Å². The Morgan fingerprint density at radius 3 is 2.53 bits per heavy atom. The van der Waals surface area contributed by atoms with Gasteiger partial charge in [-0.05, 0) is 24.3 Å². The van der Waals surface area contributed by atoms with Gasteiger partial charge in [0.1, 0.15) is 17.2 Å². The van der Waals surface area contributed by atoms with Crippen LogP contribution in [-0.2, 0) is 9.53 Å². The molecule has 0 unspecified atom stereocenters. The summed E-state index contributed by atoms with van der Waals surface area (Å²) in [5.41, 5.74) is 0.246. The third-order valence-corrected chi connectivity index (χ3v) is 1.93. The highest BCUT2D eigenvalue weighted by atomic mass is 19.1. The van der Waals surface area contributed by atoms with Gasteiger partial charge in [-0.15, -0.1) is 0 Å². The van der Waals surface area contributed by atoms with Gasteiger partial charge in [-0.25, -0.2) is 4.39 Å². The van der Waals surface area contributed by atoms with E-state index in [0.717, 1.165) is 12.1 Å². The molecule has 0 bridgehead atoms. The van der Waals surface area contributed by atoms with E-state index in [1.807, 2.05) is 0 Å². The first-order chi connectivity index (χ1) is 8.13. The SMILES string of the molecule is N#[N+]CCOC(=O)CC(=O)c1ccc(F)cc1. The maximum atomic E-state index is 12.6. The third-order valence-electron chi connectivity index (χ3n) is 1.93. The number of ketones is 1. The Bertz CT molecular complexity index is 451. The van der Waals surface area contributed by atoms with Crippen LogP contribution in [0.4, 0.5) is 4.39 Å². The van der Waals surface area contributed by atoms with Crippen molar-refractivity contribution < 1.29 is 18.7 Å². The predicted molar refractivity (Wildman–Crippen MR) is 56.3 cm³/mol. The number of esters is 1. The molecule has 0 aliphatic rings. The molecule has 1 aromatic rings. The van der Waals surface area contributed by atoms with Crippen LogP contribution in [0.5, 0.6) is 0 Å². The van der Waals surface area contributed by atoms with E-state index >= 15 is 0 Å². The summed E-state index contributed by atoms with van der Waals surface area (Å²) in [5.74, 6) is -1.60. The minimum absolute atomic E-state index is 0.0313. The smallest absolute Gasteiger partial charge is 0.338 e. The normalized spacial score (nSPS) is 9.41. The third kappa shape index (κ3) is 4.38. The first-order valence-electron chi connectivity index (χ1n) is 4.88. The topological polar surface area (TPSA) is 71.5 Å². The van der Waals surface area contributed by atoms with Gasteiger partial charge in [-0.1, -0.05) is 0 Å². The molecular weight excluding hydrogens is 227 g/mol. The largest absolute Gasteiger partial charge is 0.457 e. The molecule has 1 aromatic carbocycles. The first kappa shape index (κ1) is 12.8. The van der Waals surface area contributed by atoms with Crippen molar-refractivity contribution in [3.05, 3.63) is 40.6 Å². The summed E-state index contributed by atoms with van der Waals surface area (Å²) < 4.78 is 17.2. The molecule has 0 atom stereocenters. The molecule has 0 radical (unpaired) electrons. The number of carbonyl (C=O) groups is 2. The van der Waals surface area contributed by atoms with Crippen LogP contribution in [-0.4, -0.2) is 24.9 Å². The van der Waals surface area contributed by atoms with Gasteiger partial charge in [0.25, 0.3) is 0 Å². The molecule has 1 rings (SSSR count). The number of halogens is 1. The average molecular weight is 237 g/mol. The average Bonchev–Trinajstić information content (AvgIpc) is 2.30. The van der Waals surface area contributed by atoms with E-state index in [2.05, 4.69) is 9.71 Å². The second-order valence-electron chi connectivity index (χ2n) is 3.19. The lowest BCUT2D eigenvalue weighted by Crippen LogP contribution is -2.13. The molecule has 0 amide bonds. The van der Waals surface area contributed by atoms with Crippen molar-refractivity contribution in [3.63, 3.8) is 0 Å². The number of hydrogen-bond donors (Lipinski definition) is 0. The van der Waals surface area contributed by atoms with Gasteiger partial charge in [0, 0.05) is 5.56 Å². The summed E-state index contributed by atoms with van der Waals surface area (Å²) in [6, 6.07) is 4.88. The summed E-state index contributed by atoms with van der Waals surface area (Å²) in [5, 5.41) is 8.10. The Morgan fingerprint density at radius 1 is 1.29 bits per heavy atom. The van der Waals surface area contributed by atoms with Crippen LogP contribution in [0.2, 0.25) is 0 Å². The molecule has 0 spiro atoms. The Balaban J connectivity index is 2.47. The van der Waals surface area contributed by atoms with E-state index in [1.54, 1.807) is 0 Å². The lowest BCUT2D eigenvalue weighted by atomic mass is 10.1. The number of Topliss-reactive ketones (excluding diaryl/α,β-unsaturated/α-hetero) is 1. The van der Waals surface area contributed by atoms with Crippen LogP contribution in [0, 0.1) is 11.2 Å². The van der Waals surface area contributed by atoms with Crippen molar-refractivity contribution in [1.29, 1.82) is 5.39 Å². The zero-order valence-electron chi connectivity index (χ0n) is 8.93. The minimum Gasteiger partial charge on any atom is -0.457 e. The number of hydrogen-bond acceptors (Lipinski definition) is 4. The van der Waals surface area contributed by atoms with Gasteiger partial charge in [0.15, 0.2) is 12.4 Å². The standard InChI is InChI=1S/C11H10FN2O3/c12-9-3-1-8(2-4-9)10(15)7-11(16)17-6-5-14-13/h1-4H,5-7H2/q+1. The van der Waals surface area contributed by atoms with Crippen molar-refractivity contribution in [2.75, 3.05) is 13.2 Å². The molecule has 5 nitrogen and oxygen atoms in total. The van der Waals surface area contributed by atoms with E-state index in [1.165, 1.54) is 12.1 Å². The highest BCUT2D eigenvalue weighted by molar-refractivity contribution is 6.05. The maximum Gasteiger partial charge on any atom is 0.338 e. The maximum absolute atomic E-state index is 12.6. The highest BCUT2D eigenvalue weighted by Gasteiger charge is 2.13. The fourth-order valence-electron chi connectivity index (χ4n) is 1.12. The molecule has 0 heterocycles. The summed E-state index contributed by atoms with van der Waals surface area (Å²) in [4.78, 5) is 25.4. The van der Waals surface area contributed by atoms with Gasteiger partial charge >= 0.3 is 12.5 Å². The van der Waals surface area contributed by atoms with E-state index in [0.29, 0.717) is 0 Å². The van der Waals surface area contributed by atoms with Crippen molar-refractivity contribution in [2.45, 2.75) is 6.42 Å². The number of diazo groups is 1. The zero-order chi connectivity index (χ0) is 12.7. The molecule has 0 aromatic heterocycles. The zero-order valence-corrected chi connectivity index (χ0v) is 8.93. The molecule has 6 heteroatoms. The van der Waals surface area contributed by atoms with Gasteiger partial charge in [0.2, 0.25) is 5.39 Å². The summed E-state index contributed by atoms with van der Waals surface area (Å²) in [6.45, 7) is -0.109. The van der Waals surface area contributed by atoms with Gasteiger partial charge in [0.05, 0.1) is 0 Å². The molecule has 17 heavy (non-hydrogen) atoms. The summed E-state index contributed by atoms with van der Waals surface area (Å²) >= 11 is 0.